The number of benzene rings is 1. The fourth-order valence-electron chi connectivity index (χ4n) is 2.62. The average Bonchev–Trinajstić information content (AvgIpc) is 2.56. The van der Waals surface area contributed by atoms with E-state index in [4.69, 9.17) is 10.5 Å². The van der Waals surface area contributed by atoms with Gasteiger partial charge in [0.15, 0.2) is 0 Å². The van der Waals surface area contributed by atoms with Crippen LogP contribution in [-0.2, 0) is 9.53 Å². The van der Waals surface area contributed by atoms with E-state index >= 15 is 0 Å². The van der Waals surface area contributed by atoms with Crippen LogP contribution >= 0.6 is 12.4 Å². The van der Waals surface area contributed by atoms with Crippen LogP contribution in [0.25, 0.3) is 0 Å². The number of ether oxygens (including phenoxy) is 1. The monoisotopic (exact) mass is 370 g/mol. The van der Waals surface area contributed by atoms with E-state index in [1.165, 1.54) is 0 Å². The first kappa shape index (κ1) is 21.2. The molecule has 1 aliphatic rings. The van der Waals surface area contributed by atoms with Crippen molar-refractivity contribution in [2.75, 3.05) is 30.4 Å². The van der Waals surface area contributed by atoms with E-state index in [0.29, 0.717) is 44.0 Å². The Morgan fingerprint density at radius 3 is 2.12 bits per heavy atom. The van der Waals surface area contributed by atoms with Gasteiger partial charge in [-0.2, -0.15) is 0 Å². The summed E-state index contributed by atoms with van der Waals surface area (Å²) in [7, 11) is 0. The number of rotatable bonds is 5. The molecule has 0 spiro atoms. The summed E-state index contributed by atoms with van der Waals surface area (Å²) in [4.78, 5) is 24.2. The van der Waals surface area contributed by atoms with Crippen molar-refractivity contribution in [3.8, 4) is 0 Å². The number of hydrogen-bond donors (Lipinski definition) is 4. The summed E-state index contributed by atoms with van der Waals surface area (Å²) < 4.78 is 5.33. The molecule has 1 fully saturated rings. The van der Waals surface area contributed by atoms with Crippen LogP contribution in [0.4, 0.5) is 16.2 Å². The number of nitrogens with one attached hydrogen (secondary N) is 3. The fraction of sp³-hybridized carbons (Fsp3) is 0.529. The summed E-state index contributed by atoms with van der Waals surface area (Å²) in [5.41, 5.74) is 6.61. The van der Waals surface area contributed by atoms with Crippen molar-refractivity contribution in [2.24, 2.45) is 11.1 Å². The third-order valence-corrected chi connectivity index (χ3v) is 4.14. The summed E-state index contributed by atoms with van der Waals surface area (Å²) in [5.74, 6) is -0.0773. The molecule has 0 aromatic heterocycles. The number of hydrogen-bond acceptors (Lipinski definition) is 4. The molecule has 1 saturated heterocycles. The normalized spacial score (nSPS) is 15.8. The van der Waals surface area contributed by atoms with E-state index in [0.717, 1.165) is 0 Å². The highest BCUT2D eigenvalue weighted by Gasteiger charge is 2.38. The van der Waals surface area contributed by atoms with E-state index < -0.39 is 5.41 Å². The molecule has 140 valence electrons. The third-order valence-electron chi connectivity index (χ3n) is 4.14. The topological polar surface area (TPSA) is 105 Å². The minimum atomic E-state index is -0.563. The summed E-state index contributed by atoms with van der Waals surface area (Å²) in [6, 6.07) is 6.81. The van der Waals surface area contributed by atoms with Crippen LogP contribution in [0.3, 0.4) is 0 Å². The van der Waals surface area contributed by atoms with Crippen LogP contribution in [0.15, 0.2) is 24.3 Å². The molecule has 1 aliphatic heterocycles. The van der Waals surface area contributed by atoms with Gasteiger partial charge in [0.1, 0.15) is 0 Å². The number of halogens is 1. The zero-order valence-corrected chi connectivity index (χ0v) is 15.4. The number of carbonyl (C=O) groups excluding carboxylic acids is 2. The molecule has 0 radical (unpaired) electrons. The first-order chi connectivity index (χ1) is 11.4. The Kier molecular flexibility index (Phi) is 8.15. The van der Waals surface area contributed by atoms with Crippen LogP contribution in [0.2, 0.25) is 0 Å². The predicted octanol–water partition coefficient (Wildman–Crippen LogP) is 2.33. The molecule has 7 nitrogen and oxygen atoms in total. The molecule has 0 saturated carbocycles. The molecule has 5 N–H and O–H groups in total. The maximum absolute atomic E-state index is 12.6. The van der Waals surface area contributed by atoms with Gasteiger partial charge in [-0.05, 0) is 51.0 Å². The first-order valence-electron chi connectivity index (χ1n) is 8.22. The summed E-state index contributed by atoms with van der Waals surface area (Å²) in [6.07, 6.45) is 1.26. The van der Waals surface area contributed by atoms with Gasteiger partial charge in [-0.1, -0.05) is 0 Å². The molecular weight excluding hydrogens is 344 g/mol. The smallest absolute Gasteiger partial charge is 0.319 e. The largest absolute Gasteiger partial charge is 0.381 e. The molecule has 8 heteroatoms. The maximum atomic E-state index is 12.6. The van der Waals surface area contributed by atoms with Crippen molar-refractivity contribution in [1.82, 2.24) is 5.32 Å². The first-order valence-corrected chi connectivity index (χ1v) is 8.22. The van der Waals surface area contributed by atoms with Gasteiger partial charge in [0.2, 0.25) is 5.91 Å². The number of carbonyl (C=O) groups is 2. The standard InChI is InChI=1S/C17H26N4O3.ClH/c1-12(2)19-16(23)21-14-5-3-13(4-6-14)20-15(22)17(11-18)7-9-24-10-8-17;/h3-6,12H,7-11,18H2,1-2H3,(H,20,22)(H2,19,21,23);1H. The van der Waals surface area contributed by atoms with Gasteiger partial charge >= 0.3 is 6.03 Å². The third kappa shape index (κ3) is 5.88. The minimum absolute atomic E-state index is 0. The highest BCUT2D eigenvalue weighted by atomic mass is 35.5. The van der Waals surface area contributed by atoms with Crippen molar-refractivity contribution in [2.45, 2.75) is 32.7 Å². The van der Waals surface area contributed by atoms with E-state index in [-0.39, 0.29) is 30.4 Å². The lowest BCUT2D eigenvalue weighted by Gasteiger charge is -2.34. The fourth-order valence-corrected chi connectivity index (χ4v) is 2.62. The average molecular weight is 371 g/mol. The Morgan fingerprint density at radius 1 is 1.12 bits per heavy atom. The number of nitrogens with two attached hydrogens (primary N) is 1. The summed E-state index contributed by atoms with van der Waals surface area (Å²) in [5, 5.41) is 8.40. The predicted molar refractivity (Wildman–Crippen MR) is 101 cm³/mol. The van der Waals surface area contributed by atoms with E-state index in [9.17, 15) is 9.59 Å². The van der Waals surface area contributed by atoms with E-state index in [1.807, 2.05) is 13.8 Å². The molecule has 1 heterocycles. The summed E-state index contributed by atoms with van der Waals surface area (Å²) >= 11 is 0. The van der Waals surface area contributed by atoms with Crippen molar-refractivity contribution in [3.05, 3.63) is 24.3 Å². The molecule has 0 atom stereocenters. The van der Waals surface area contributed by atoms with Crippen molar-refractivity contribution in [1.29, 1.82) is 0 Å². The van der Waals surface area contributed by atoms with Gasteiger partial charge in [0.25, 0.3) is 0 Å². The Morgan fingerprint density at radius 2 is 1.64 bits per heavy atom. The Labute approximate surface area is 154 Å². The lowest BCUT2D eigenvalue weighted by molar-refractivity contribution is -0.130. The van der Waals surface area contributed by atoms with Crippen LogP contribution in [-0.4, -0.2) is 37.7 Å². The van der Waals surface area contributed by atoms with Gasteiger partial charge in [-0.15, -0.1) is 12.4 Å². The van der Waals surface area contributed by atoms with E-state index in [2.05, 4.69) is 16.0 Å². The zero-order chi connectivity index (χ0) is 17.6. The van der Waals surface area contributed by atoms with Crippen molar-refractivity contribution >= 4 is 35.7 Å². The van der Waals surface area contributed by atoms with Gasteiger partial charge in [-0.3, -0.25) is 4.79 Å². The zero-order valence-electron chi connectivity index (χ0n) is 14.6. The molecule has 1 aromatic rings. The van der Waals surface area contributed by atoms with Gasteiger partial charge in [0, 0.05) is 37.2 Å². The molecule has 0 aliphatic carbocycles. The molecule has 2 rings (SSSR count). The Bertz CT molecular complexity index is 572. The minimum Gasteiger partial charge on any atom is -0.381 e. The molecule has 0 unspecified atom stereocenters. The SMILES string of the molecule is CC(C)NC(=O)Nc1ccc(NC(=O)C2(CN)CCOCC2)cc1.Cl. The quantitative estimate of drug-likeness (QED) is 0.638. The van der Waals surface area contributed by atoms with Crippen LogP contribution < -0.4 is 21.7 Å². The highest BCUT2D eigenvalue weighted by molar-refractivity contribution is 5.96. The number of amides is 3. The second kappa shape index (κ2) is 9.60. The molecular formula is C17H27ClN4O3. The van der Waals surface area contributed by atoms with Crippen LogP contribution in [0, 0.1) is 5.41 Å². The lowest BCUT2D eigenvalue weighted by atomic mass is 9.79. The Balaban J connectivity index is 0.00000312. The summed E-state index contributed by atoms with van der Waals surface area (Å²) in [6.45, 7) is 5.19. The molecule has 1 aromatic carbocycles. The second-order valence-corrected chi connectivity index (χ2v) is 6.38. The van der Waals surface area contributed by atoms with Crippen LogP contribution in [0.1, 0.15) is 26.7 Å². The van der Waals surface area contributed by atoms with Crippen LogP contribution in [0.5, 0.6) is 0 Å². The van der Waals surface area contributed by atoms with Gasteiger partial charge < -0.3 is 26.4 Å². The molecule has 0 bridgehead atoms. The highest BCUT2D eigenvalue weighted by Crippen LogP contribution is 2.31. The van der Waals surface area contributed by atoms with Crippen molar-refractivity contribution in [3.63, 3.8) is 0 Å². The number of anilines is 2. The lowest BCUT2D eigenvalue weighted by Crippen LogP contribution is -2.46. The molecule has 25 heavy (non-hydrogen) atoms. The Hall–Kier alpha value is -1.83. The second-order valence-electron chi connectivity index (χ2n) is 6.38. The maximum Gasteiger partial charge on any atom is 0.319 e. The van der Waals surface area contributed by atoms with E-state index in [1.54, 1.807) is 24.3 Å². The van der Waals surface area contributed by atoms with Gasteiger partial charge in [-0.25, -0.2) is 4.79 Å². The van der Waals surface area contributed by atoms with Crippen molar-refractivity contribution < 1.29 is 14.3 Å². The van der Waals surface area contributed by atoms with Gasteiger partial charge in [0.05, 0.1) is 5.41 Å². The molecule has 3 amide bonds. The number of urea groups is 1.